The van der Waals surface area contributed by atoms with Crippen molar-refractivity contribution in [3.63, 3.8) is 0 Å². The van der Waals surface area contributed by atoms with Crippen molar-refractivity contribution in [2.45, 2.75) is 34.3 Å². The second-order valence-corrected chi connectivity index (χ2v) is 4.40. The fraction of sp³-hybridized carbons (Fsp3) is 1.00. The third-order valence-corrected chi connectivity index (χ3v) is 2.89. The molecule has 1 saturated heterocycles. The maximum atomic E-state index is 13.4. The summed E-state index contributed by atoms with van der Waals surface area (Å²) in [6.07, 6.45) is -12.9. The van der Waals surface area contributed by atoms with Gasteiger partial charge in [-0.15, -0.1) is 0 Å². The van der Waals surface area contributed by atoms with Gasteiger partial charge >= 0.3 is 28.7 Å². The van der Waals surface area contributed by atoms with Gasteiger partial charge < -0.3 is 0 Å². The summed E-state index contributed by atoms with van der Waals surface area (Å²) in [4.78, 5) is 0. The van der Waals surface area contributed by atoms with Crippen molar-refractivity contribution >= 4 is 23.2 Å². The molecule has 0 spiro atoms. The van der Waals surface area contributed by atoms with Crippen molar-refractivity contribution in [3.05, 3.63) is 0 Å². The zero-order chi connectivity index (χ0) is 15.7. The van der Waals surface area contributed by atoms with E-state index < -0.39 is 34.3 Å². The van der Waals surface area contributed by atoms with Crippen LogP contribution in [0.4, 0.5) is 43.9 Å². The highest BCUT2D eigenvalue weighted by molar-refractivity contribution is 6.26. The van der Waals surface area contributed by atoms with Gasteiger partial charge in [-0.2, -0.15) is 39.5 Å². The van der Waals surface area contributed by atoms with Crippen LogP contribution in [0.25, 0.3) is 0 Å². The van der Waals surface area contributed by atoms with Crippen LogP contribution in [0.15, 0.2) is 0 Å². The number of ether oxygens (including phenoxy) is 1. The number of hydrogen-bond donors (Lipinski definition) is 0. The molecule has 0 amide bonds. The molecule has 0 aromatic heterocycles. The zero-order valence-corrected chi connectivity index (χ0v) is 9.46. The number of halogens is 12. The summed E-state index contributed by atoms with van der Waals surface area (Å²) in [5.74, 6) is 0. The van der Waals surface area contributed by atoms with E-state index in [2.05, 4.69) is 27.9 Å². The molecule has 0 aromatic rings. The highest BCUT2D eigenvalue weighted by Gasteiger charge is 3.02. The molecule has 1 atom stereocenters. The first kappa shape index (κ1) is 16.9. The first-order valence-corrected chi connectivity index (χ1v) is 4.68. The Labute approximate surface area is 107 Å². The molecule has 1 unspecified atom stereocenters. The van der Waals surface area contributed by atoms with Gasteiger partial charge in [0.2, 0.25) is 0 Å². The Morgan fingerprint density at radius 3 is 1.16 bits per heavy atom. The molecule has 0 aromatic carbocycles. The lowest BCUT2D eigenvalue weighted by atomic mass is 9.76. The Morgan fingerprint density at radius 2 is 1.05 bits per heavy atom. The smallest absolute Gasteiger partial charge is 0.291 e. The van der Waals surface area contributed by atoms with E-state index in [4.69, 9.17) is 0 Å². The van der Waals surface area contributed by atoms with E-state index in [1.165, 1.54) is 0 Å². The predicted octanol–water partition coefficient (Wildman–Crippen LogP) is 4.28. The van der Waals surface area contributed by atoms with Crippen molar-refractivity contribution in [2.75, 3.05) is 0 Å². The van der Waals surface area contributed by atoms with Gasteiger partial charge in [0.05, 0.1) is 0 Å². The molecule has 1 fully saturated rings. The van der Waals surface area contributed by atoms with E-state index in [9.17, 15) is 43.9 Å². The normalized spacial score (nSPS) is 30.9. The molecule has 1 aliphatic heterocycles. The minimum absolute atomic E-state index is 2.49. The van der Waals surface area contributed by atoms with Gasteiger partial charge in [-0.05, 0) is 23.2 Å². The van der Waals surface area contributed by atoms with Gasteiger partial charge in [0.15, 0.2) is 0 Å². The number of alkyl halides is 12. The molecule has 0 N–H and O–H groups in total. The summed E-state index contributed by atoms with van der Waals surface area (Å²) >= 11 is 7.80. The number of hydrogen-bond acceptors (Lipinski definition) is 1. The molecule has 1 aliphatic rings. The Bertz CT molecular complexity index is 355. The Balaban J connectivity index is 3.63. The van der Waals surface area contributed by atoms with Gasteiger partial charge in [-0.1, -0.05) is 0 Å². The molecule has 114 valence electrons. The van der Waals surface area contributed by atoms with Gasteiger partial charge in [0.25, 0.3) is 5.60 Å². The van der Waals surface area contributed by atoms with Crippen LogP contribution in [0.3, 0.4) is 0 Å². The summed E-state index contributed by atoms with van der Waals surface area (Å²) in [5.41, 5.74) is -12.3. The summed E-state index contributed by atoms with van der Waals surface area (Å²) in [6, 6.07) is 0. The van der Waals surface area contributed by atoms with Crippen molar-refractivity contribution in [2.24, 2.45) is 0 Å². The first-order chi connectivity index (χ1) is 7.96. The maximum Gasteiger partial charge on any atom is 0.434 e. The first-order valence-electron chi connectivity index (χ1n) is 3.93. The third kappa shape index (κ3) is 1.73. The zero-order valence-electron chi connectivity index (χ0n) is 7.94. The van der Waals surface area contributed by atoms with Crippen LogP contribution in [0.5, 0.6) is 0 Å². The molecule has 0 bridgehead atoms. The SMILES string of the molecule is FC(F)(F)C1(F)C(F)(F)OC1(C(F)(F)Cl)C(F)(F)Cl. The topological polar surface area (TPSA) is 9.23 Å². The summed E-state index contributed by atoms with van der Waals surface area (Å²) in [7, 11) is 0. The van der Waals surface area contributed by atoms with E-state index in [1.54, 1.807) is 0 Å². The van der Waals surface area contributed by atoms with Gasteiger partial charge in [-0.25, -0.2) is 4.39 Å². The van der Waals surface area contributed by atoms with Crippen LogP contribution in [-0.2, 0) is 4.74 Å². The lowest BCUT2D eigenvalue weighted by Crippen LogP contribution is -2.89. The minimum Gasteiger partial charge on any atom is -0.291 e. The van der Waals surface area contributed by atoms with Crippen molar-refractivity contribution in [1.29, 1.82) is 0 Å². The van der Waals surface area contributed by atoms with E-state index >= 15 is 0 Å². The van der Waals surface area contributed by atoms with Crippen LogP contribution in [-0.4, -0.2) is 34.3 Å². The van der Waals surface area contributed by atoms with Crippen LogP contribution in [0.1, 0.15) is 0 Å². The molecule has 0 saturated carbocycles. The van der Waals surface area contributed by atoms with E-state index in [0.29, 0.717) is 0 Å². The molecule has 0 aliphatic carbocycles. The Kier molecular flexibility index (Phi) is 3.31. The molecule has 19 heavy (non-hydrogen) atoms. The van der Waals surface area contributed by atoms with Crippen molar-refractivity contribution in [1.82, 2.24) is 0 Å². The Morgan fingerprint density at radius 1 is 0.737 bits per heavy atom. The van der Waals surface area contributed by atoms with Crippen molar-refractivity contribution in [3.8, 4) is 0 Å². The van der Waals surface area contributed by atoms with Crippen LogP contribution >= 0.6 is 23.2 Å². The van der Waals surface area contributed by atoms with Crippen LogP contribution < -0.4 is 0 Å². The summed E-state index contributed by atoms with van der Waals surface area (Å²) in [5, 5.41) is -11.8. The van der Waals surface area contributed by atoms with Gasteiger partial charge in [-0.3, -0.25) is 4.74 Å². The van der Waals surface area contributed by atoms with E-state index in [0.717, 1.165) is 0 Å². The molecular weight excluding hydrogens is 349 g/mol. The van der Waals surface area contributed by atoms with Gasteiger partial charge in [0.1, 0.15) is 0 Å². The monoisotopic (exact) mass is 348 g/mol. The van der Waals surface area contributed by atoms with Crippen molar-refractivity contribution < 1.29 is 48.6 Å². The highest BCUT2D eigenvalue weighted by atomic mass is 35.5. The second kappa shape index (κ2) is 3.73. The molecular formula is C6Cl2F10O. The maximum absolute atomic E-state index is 13.4. The minimum atomic E-state index is -6.86. The average molecular weight is 349 g/mol. The fourth-order valence-electron chi connectivity index (χ4n) is 1.52. The standard InChI is InChI=1S/C6Cl2F10O/c7-3(10,11)2(4(8,12)13)1(9,5(14,15)16)6(17,18)19-2. The largest absolute Gasteiger partial charge is 0.434 e. The predicted molar refractivity (Wildman–Crippen MR) is 40.3 cm³/mol. The van der Waals surface area contributed by atoms with E-state index in [1.807, 2.05) is 0 Å². The van der Waals surface area contributed by atoms with E-state index in [-0.39, 0.29) is 0 Å². The van der Waals surface area contributed by atoms with Gasteiger partial charge in [0, 0.05) is 0 Å². The quantitative estimate of drug-likeness (QED) is 0.534. The lowest BCUT2D eigenvalue weighted by Gasteiger charge is -2.58. The highest BCUT2D eigenvalue weighted by Crippen LogP contribution is 2.72. The summed E-state index contributed by atoms with van der Waals surface area (Å²) in [6.45, 7) is 0. The van der Waals surface area contributed by atoms with Crippen LogP contribution in [0.2, 0.25) is 0 Å². The molecule has 1 heterocycles. The molecule has 1 nitrogen and oxygen atoms in total. The third-order valence-electron chi connectivity index (χ3n) is 2.36. The summed E-state index contributed by atoms with van der Waals surface area (Å²) < 4.78 is 128. The number of rotatable bonds is 2. The molecule has 0 radical (unpaired) electrons. The van der Waals surface area contributed by atoms with Crippen LogP contribution in [0, 0.1) is 0 Å². The average Bonchev–Trinajstić information content (AvgIpc) is 2.06. The Hall–Kier alpha value is -0.160. The lowest BCUT2D eigenvalue weighted by molar-refractivity contribution is -0.567. The molecule has 1 rings (SSSR count). The second-order valence-electron chi connectivity index (χ2n) is 3.45. The molecule has 13 heteroatoms. The fourth-order valence-corrected chi connectivity index (χ4v) is 2.15.